The highest BCUT2D eigenvalue weighted by atomic mass is 16.6. The molecule has 10 nitrogen and oxygen atoms in total. The number of amides is 2. The quantitative estimate of drug-likeness (QED) is 0.572. The maximum absolute atomic E-state index is 12.3. The molecule has 4 rings (SSSR count). The zero-order chi connectivity index (χ0) is 22.3. The van der Waals surface area contributed by atoms with Crippen molar-refractivity contribution >= 4 is 17.8 Å². The van der Waals surface area contributed by atoms with Crippen LogP contribution in [0.5, 0.6) is 5.88 Å². The van der Waals surface area contributed by atoms with Crippen LogP contribution in [0, 0.1) is 0 Å². The van der Waals surface area contributed by atoms with Gasteiger partial charge in [-0.3, -0.25) is 9.89 Å². The van der Waals surface area contributed by atoms with Crippen molar-refractivity contribution in [3.8, 4) is 5.88 Å². The van der Waals surface area contributed by atoms with Gasteiger partial charge in [0, 0.05) is 43.1 Å². The van der Waals surface area contributed by atoms with E-state index in [2.05, 4.69) is 25.8 Å². The Kier molecular flexibility index (Phi) is 7.21. The second kappa shape index (κ2) is 10.4. The third-order valence-electron chi connectivity index (χ3n) is 5.83. The van der Waals surface area contributed by atoms with Crippen molar-refractivity contribution in [2.24, 2.45) is 0 Å². The van der Waals surface area contributed by atoms with Crippen molar-refractivity contribution < 1.29 is 23.8 Å². The molecule has 32 heavy (non-hydrogen) atoms. The standard InChI is InChI=1S/C22H29N5O5/c1-30-21-10-14(6-7-23-21)9-20(28)25-19-12-18(26-27-19)15-4-5-16(11-15)32-22(29)24-13-17-3-2-8-31-17/h6-7,10,12,15-17H,2-5,8-9,11,13H2,1H3,(H,24,29)(H2,25,26,27,28)/t15-,16+,17+/m1/s1. The molecule has 0 spiro atoms. The molecule has 0 unspecified atom stereocenters. The summed E-state index contributed by atoms with van der Waals surface area (Å²) in [4.78, 5) is 28.4. The fourth-order valence-corrected chi connectivity index (χ4v) is 4.18. The van der Waals surface area contributed by atoms with E-state index in [-0.39, 0.29) is 30.5 Å². The normalized spacial score (nSPS) is 22.5. The molecule has 2 amide bonds. The number of H-pyrrole nitrogens is 1. The number of hydrogen-bond acceptors (Lipinski definition) is 7. The van der Waals surface area contributed by atoms with E-state index in [1.54, 1.807) is 18.3 Å². The van der Waals surface area contributed by atoms with Gasteiger partial charge in [0.1, 0.15) is 6.10 Å². The van der Waals surface area contributed by atoms with Crippen LogP contribution in [-0.2, 0) is 20.7 Å². The lowest BCUT2D eigenvalue weighted by atomic mass is 10.0. The van der Waals surface area contributed by atoms with E-state index in [0.717, 1.165) is 50.0 Å². The summed E-state index contributed by atoms with van der Waals surface area (Å²) in [6.07, 6.45) is 5.79. The first kappa shape index (κ1) is 22.1. The molecule has 2 fully saturated rings. The Balaban J connectivity index is 1.22. The van der Waals surface area contributed by atoms with Crippen LogP contribution < -0.4 is 15.4 Å². The van der Waals surface area contributed by atoms with E-state index in [0.29, 0.717) is 18.2 Å². The lowest BCUT2D eigenvalue weighted by Gasteiger charge is -2.15. The minimum absolute atomic E-state index is 0.0955. The van der Waals surface area contributed by atoms with Crippen LogP contribution in [0.4, 0.5) is 10.6 Å². The number of aromatic nitrogens is 3. The Morgan fingerprint density at radius 3 is 3.00 bits per heavy atom. The van der Waals surface area contributed by atoms with Crippen LogP contribution in [0.25, 0.3) is 0 Å². The molecule has 1 saturated carbocycles. The number of aromatic amines is 1. The summed E-state index contributed by atoms with van der Waals surface area (Å²) >= 11 is 0. The van der Waals surface area contributed by atoms with Gasteiger partial charge in [-0.05, 0) is 43.7 Å². The monoisotopic (exact) mass is 443 g/mol. The predicted octanol–water partition coefficient (Wildman–Crippen LogP) is 2.54. The van der Waals surface area contributed by atoms with E-state index < -0.39 is 6.09 Å². The third-order valence-corrected chi connectivity index (χ3v) is 5.83. The third kappa shape index (κ3) is 5.97. The Hall–Kier alpha value is -3.14. The molecule has 3 atom stereocenters. The summed E-state index contributed by atoms with van der Waals surface area (Å²) in [5.74, 6) is 0.973. The first-order valence-electron chi connectivity index (χ1n) is 11.0. The topological polar surface area (TPSA) is 127 Å². The van der Waals surface area contributed by atoms with E-state index in [9.17, 15) is 9.59 Å². The summed E-state index contributed by atoms with van der Waals surface area (Å²) in [6, 6.07) is 5.34. The molecule has 10 heteroatoms. The number of methoxy groups -OCH3 is 1. The van der Waals surface area contributed by atoms with Crippen LogP contribution >= 0.6 is 0 Å². The van der Waals surface area contributed by atoms with Gasteiger partial charge < -0.3 is 24.8 Å². The number of hydrogen-bond donors (Lipinski definition) is 3. The van der Waals surface area contributed by atoms with Crippen molar-refractivity contribution in [2.75, 3.05) is 25.6 Å². The minimum atomic E-state index is -0.392. The van der Waals surface area contributed by atoms with Crippen molar-refractivity contribution in [2.45, 2.75) is 56.7 Å². The van der Waals surface area contributed by atoms with Gasteiger partial charge in [0.2, 0.25) is 11.8 Å². The molecule has 1 saturated heterocycles. The number of carbonyl (C=O) groups is 2. The number of carbonyl (C=O) groups excluding carboxylic acids is 2. The average molecular weight is 444 g/mol. The maximum Gasteiger partial charge on any atom is 0.407 e. The average Bonchev–Trinajstić information content (AvgIpc) is 3.54. The molecule has 0 bridgehead atoms. The molecule has 0 aromatic carbocycles. The number of alkyl carbamates (subject to hydrolysis) is 1. The van der Waals surface area contributed by atoms with Gasteiger partial charge in [-0.15, -0.1) is 0 Å². The molecule has 2 aliphatic rings. The highest BCUT2D eigenvalue weighted by Crippen LogP contribution is 2.35. The first-order valence-corrected chi connectivity index (χ1v) is 11.0. The Bertz CT molecular complexity index is 927. The van der Waals surface area contributed by atoms with Crippen LogP contribution in [0.1, 0.15) is 49.3 Å². The Labute approximate surface area is 186 Å². The minimum Gasteiger partial charge on any atom is -0.481 e. The summed E-state index contributed by atoms with van der Waals surface area (Å²) in [5.41, 5.74) is 1.73. The smallest absolute Gasteiger partial charge is 0.407 e. The lowest BCUT2D eigenvalue weighted by Crippen LogP contribution is -2.34. The number of nitrogens with one attached hydrogen (secondary N) is 3. The highest BCUT2D eigenvalue weighted by molar-refractivity contribution is 5.91. The van der Waals surface area contributed by atoms with Crippen LogP contribution in [0.3, 0.4) is 0 Å². The molecule has 172 valence electrons. The largest absolute Gasteiger partial charge is 0.481 e. The van der Waals surface area contributed by atoms with Gasteiger partial charge in [-0.25, -0.2) is 9.78 Å². The van der Waals surface area contributed by atoms with Crippen LogP contribution in [0.2, 0.25) is 0 Å². The van der Waals surface area contributed by atoms with Crippen molar-refractivity contribution in [3.63, 3.8) is 0 Å². The van der Waals surface area contributed by atoms with Gasteiger partial charge >= 0.3 is 6.09 Å². The number of pyridine rings is 1. The van der Waals surface area contributed by atoms with Crippen molar-refractivity contribution in [3.05, 3.63) is 35.7 Å². The van der Waals surface area contributed by atoms with E-state index in [1.807, 2.05) is 6.07 Å². The summed E-state index contributed by atoms with van der Waals surface area (Å²) in [7, 11) is 1.54. The van der Waals surface area contributed by atoms with Gasteiger partial charge in [-0.1, -0.05) is 0 Å². The second-order valence-corrected chi connectivity index (χ2v) is 8.19. The van der Waals surface area contributed by atoms with E-state index >= 15 is 0 Å². The lowest BCUT2D eigenvalue weighted by molar-refractivity contribution is -0.115. The zero-order valence-electron chi connectivity index (χ0n) is 18.1. The van der Waals surface area contributed by atoms with Crippen molar-refractivity contribution in [1.29, 1.82) is 0 Å². The number of anilines is 1. The zero-order valence-corrected chi connectivity index (χ0v) is 18.1. The number of nitrogens with zero attached hydrogens (tertiary/aromatic N) is 2. The maximum atomic E-state index is 12.3. The summed E-state index contributed by atoms with van der Waals surface area (Å²) < 4.78 is 16.1. The number of ether oxygens (including phenoxy) is 3. The Morgan fingerprint density at radius 1 is 1.28 bits per heavy atom. The summed E-state index contributed by atoms with van der Waals surface area (Å²) in [5, 5.41) is 12.8. The molecule has 2 aromatic heterocycles. The SMILES string of the molecule is COc1cc(CC(=O)Nc2cc([C@@H]3CC[C@H](OC(=O)NC[C@@H]4CCCO4)C3)[nH]n2)ccn1. The second-order valence-electron chi connectivity index (χ2n) is 8.19. The molecule has 0 radical (unpaired) electrons. The van der Waals surface area contributed by atoms with Crippen molar-refractivity contribution in [1.82, 2.24) is 20.5 Å². The van der Waals surface area contributed by atoms with E-state index in [1.165, 1.54) is 7.11 Å². The molecular formula is C22H29N5O5. The fourth-order valence-electron chi connectivity index (χ4n) is 4.18. The molecule has 1 aliphatic heterocycles. The molecule has 2 aromatic rings. The fraction of sp³-hybridized carbons (Fsp3) is 0.545. The highest BCUT2D eigenvalue weighted by Gasteiger charge is 2.30. The first-order chi connectivity index (χ1) is 15.6. The van der Waals surface area contributed by atoms with Gasteiger partial charge in [0.05, 0.1) is 19.6 Å². The molecule has 3 heterocycles. The van der Waals surface area contributed by atoms with Gasteiger partial charge in [0.25, 0.3) is 0 Å². The van der Waals surface area contributed by atoms with Gasteiger partial charge in [0.15, 0.2) is 5.82 Å². The van der Waals surface area contributed by atoms with Gasteiger partial charge in [-0.2, -0.15) is 5.10 Å². The van der Waals surface area contributed by atoms with E-state index in [4.69, 9.17) is 14.2 Å². The Morgan fingerprint density at radius 2 is 2.19 bits per heavy atom. The number of rotatable bonds is 8. The summed E-state index contributed by atoms with van der Waals surface area (Å²) in [6.45, 7) is 1.25. The van der Waals surface area contributed by atoms with Crippen LogP contribution in [-0.4, -0.2) is 59.7 Å². The molecule has 3 N–H and O–H groups in total. The van der Waals surface area contributed by atoms with Crippen LogP contribution in [0.15, 0.2) is 24.4 Å². The predicted molar refractivity (Wildman–Crippen MR) is 116 cm³/mol. The molecular weight excluding hydrogens is 414 g/mol. The molecule has 1 aliphatic carbocycles.